The van der Waals surface area contributed by atoms with Gasteiger partial charge in [0, 0.05) is 10.2 Å². The quantitative estimate of drug-likeness (QED) is 0.415. The summed E-state index contributed by atoms with van der Waals surface area (Å²) in [5.41, 5.74) is 0.602. The van der Waals surface area contributed by atoms with Crippen LogP contribution in [-0.2, 0) is 0 Å². The van der Waals surface area contributed by atoms with Gasteiger partial charge in [0.25, 0.3) is 0 Å². The lowest BCUT2D eigenvalue weighted by Gasteiger charge is -1.88. The first-order valence-corrected chi connectivity index (χ1v) is 3.22. The van der Waals surface area contributed by atoms with Gasteiger partial charge in [-0.15, -0.1) is 13.2 Å². The van der Waals surface area contributed by atoms with Crippen molar-refractivity contribution in [2.45, 2.75) is 5.54 Å². The molecule has 58 valence electrons. The molecule has 0 atom stereocenters. The molecule has 0 aliphatic rings. The van der Waals surface area contributed by atoms with E-state index < -0.39 is 0 Å². The van der Waals surface area contributed by atoms with Crippen LogP contribution in [0.25, 0.3) is 0 Å². The third-order valence-corrected chi connectivity index (χ3v) is 1.69. The van der Waals surface area contributed by atoms with Gasteiger partial charge in [-0.05, 0) is 5.54 Å². The number of rotatable bonds is 2. The number of hydrogen-bond donors (Lipinski definition) is 0. The molecular formula is C5H13F3Si. The molecule has 0 amide bonds. The normalized spacial score (nSPS) is 5.89. The summed E-state index contributed by atoms with van der Waals surface area (Å²) in [5, 5.41) is 0. The highest BCUT2D eigenvalue weighted by atomic mass is 28.1. The van der Waals surface area contributed by atoms with Gasteiger partial charge in [0.1, 0.15) is 0 Å². The average Bonchev–Trinajstić information content (AvgIpc) is 1.65. The highest BCUT2D eigenvalue weighted by Gasteiger charge is 1.79. The Bertz CT molecular complexity index is 57.2. The van der Waals surface area contributed by atoms with Crippen LogP contribution >= 0.6 is 0 Å². The number of allylic oxidation sites excluding steroid dienone is 2. The van der Waals surface area contributed by atoms with Crippen molar-refractivity contribution in [3.63, 3.8) is 0 Å². The summed E-state index contributed by atoms with van der Waals surface area (Å²) in [6, 6.07) is 0. The molecule has 0 aromatic rings. The molecule has 0 aromatic heterocycles. The molecule has 9 heavy (non-hydrogen) atoms. The van der Waals surface area contributed by atoms with Crippen molar-refractivity contribution >= 4 is 10.2 Å². The van der Waals surface area contributed by atoms with Gasteiger partial charge in [0.05, 0.1) is 0 Å². The van der Waals surface area contributed by atoms with Crippen molar-refractivity contribution in [2.24, 2.45) is 0 Å². The van der Waals surface area contributed by atoms with E-state index in [4.69, 9.17) is 0 Å². The molecule has 0 heterocycles. The fourth-order valence-corrected chi connectivity index (χ4v) is 0.0962. The molecule has 0 nitrogen and oxygen atoms in total. The Morgan fingerprint density at radius 2 is 1.22 bits per heavy atom. The molecule has 0 radical (unpaired) electrons. The summed E-state index contributed by atoms with van der Waals surface area (Å²) in [4.78, 5) is 0. The van der Waals surface area contributed by atoms with Gasteiger partial charge >= 0.3 is 0 Å². The molecule has 0 aromatic carbocycles. The second kappa shape index (κ2) is 15.6. The number of halogens is 3. The summed E-state index contributed by atoms with van der Waals surface area (Å²) in [6.07, 6.45) is 3.83. The maximum Gasteiger partial charge on any atom is 0.0162 e. The van der Waals surface area contributed by atoms with Crippen molar-refractivity contribution in [2.75, 3.05) is 0 Å². The molecular weight excluding hydrogens is 145 g/mol. The van der Waals surface area contributed by atoms with Crippen molar-refractivity contribution < 1.29 is 14.1 Å². The van der Waals surface area contributed by atoms with Gasteiger partial charge < -0.3 is 0 Å². The third-order valence-electron chi connectivity index (χ3n) is 0.744. The zero-order chi connectivity index (χ0) is 4.99. The molecule has 0 aliphatic heterocycles. The van der Waals surface area contributed by atoms with Gasteiger partial charge in [0.2, 0.25) is 0 Å². The first-order valence-electron chi connectivity index (χ1n) is 2.06. The lowest BCUT2D eigenvalue weighted by Crippen LogP contribution is -1.74. The van der Waals surface area contributed by atoms with Crippen LogP contribution in [0, 0.1) is 0 Å². The molecule has 0 saturated carbocycles. The molecule has 0 fully saturated rings. The minimum atomic E-state index is 0. The monoisotopic (exact) mass is 158 g/mol. The first kappa shape index (κ1) is 23.6. The van der Waals surface area contributed by atoms with Gasteiger partial charge in [-0.3, -0.25) is 14.1 Å². The van der Waals surface area contributed by atoms with Crippen molar-refractivity contribution in [1.29, 1.82) is 0 Å². The van der Waals surface area contributed by atoms with Crippen LogP contribution in [0.4, 0.5) is 14.1 Å². The topological polar surface area (TPSA) is 0 Å². The Morgan fingerprint density at radius 3 is 1.22 bits per heavy atom. The molecule has 0 bridgehead atoms. The molecule has 0 unspecified atom stereocenters. The summed E-state index contributed by atoms with van der Waals surface area (Å²) in [6.45, 7) is 7.19. The van der Waals surface area contributed by atoms with E-state index in [0.717, 1.165) is 10.2 Å². The van der Waals surface area contributed by atoms with Crippen LogP contribution in [-0.4, -0.2) is 10.2 Å². The average molecular weight is 158 g/mol. The molecule has 0 aliphatic carbocycles. The minimum absolute atomic E-state index is 0. The van der Waals surface area contributed by atoms with E-state index in [1.54, 1.807) is 0 Å². The van der Waals surface area contributed by atoms with E-state index in [-0.39, 0.29) is 14.1 Å². The van der Waals surface area contributed by atoms with Crippen LogP contribution in [0.3, 0.4) is 0 Å². The highest BCUT2D eigenvalue weighted by molar-refractivity contribution is 6.14. The van der Waals surface area contributed by atoms with Crippen LogP contribution < -0.4 is 0 Å². The molecule has 0 spiro atoms. The maximum absolute atomic E-state index is 3.59. The van der Waals surface area contributed by atoms with Crippen LogP contribution in [0.5, 0.6) is 0 Å². The van der Waals surface area contributed by atoms with Gasteiger partial charge in [0.15, 0.2) is 0 Å². The molecule has 0 saturated heterocycles. The molecule has 0 N–H and O–H groups in total. The second-order valence-corrected chi connectivity index (χ2v) is 2.66. The highest BCUT2D eigenvalue weighted by Crippen LogP contribution is 1.96. The fraction of sp³-hybridized carbons (Fsp3) is 0.200. The van der Waals surface area contributed by atoms with Crippen molar-refractivity contribution in [1.82, 2.24) is 0 Å². The predicted octanol–water partition coefficient (Wildman–Crippen LogP) is 0.970. The maximum atomic E-state index is 3.59. The van der Waals surface area contributed by atoms with Crippen molar-refractivity contribution in [3.8, 4) is 0 Å². The van der Waals surface area contributed by atoms with E-state index >= 15 is 0 Å². The Morgan fingerprint density at radius 1 is 1.00 bits per heavy atom. The molecule has 4 heteroatoms. The smallest absolute Gasteiger partial charge is 0.0162 e. The van der Waals surface area contributed by atoms with E-state index in [2.05, 4.69) is 13.2 Å². The van der Waals surface area contributed by atoms with E-state index in [1.165, 1.54) is 0 Å². The standard InChI is InChI=1S/C5H10Si.3FH/c1-3-5(6)4-2;;;/h3-5H,1-2H2,6H3;3*1H. The summed E-state index contributed by atoms with van der Waals surface area (Å²) in [7, 11) is 1.15. The fourth-order valence-electron chi connectivity index (χ4n) is 0.0962. The SMILES string of the molecule is C=CC([SiH3])C=C.F.F.F. The van der Waals surface area contributed by atoms with Crippen LogP contribution in [0.2, 0.25) is 5.54 Å². The third kappa shape index (κ3) is 18.5. The summed E-state index contributed by atoms with van der Waals surface area (Å²) >= 11 is 0. The number of hydrogen-bond acceptors (Lipinski definition) is 0. The van der Waals surface area contributed by atoms with E-state index in [0.29, 0.717) is 5.54 Å². The Balaban J connectivity index is -0.0000000417. The lowest BCUT2D eigenvalue weighted by molar-refractivity contribution is 1.11. The largest absolute Gasteiger partial charge is 0.269 e. The van der Waals surface area contributed by atoms with Gasteiger partial charge in [-0.2, -0.15) is 0 Å². The van der Waals surface area contributed by atoms with E-state index in [1.807, 2.05) is 12.2 Å². The zero-order valence-electron chi connectivity index (χ0n) is 5.37. The Hall–Kier alpha value is -0.513. The van der Waals surface area contributed by atoms with E-state index in [9.17, 15) is 0 Å². The Kier molecular flexibility index (Phi) is 41.1. The second-order valence-electron chi connectivity index (χ2n) is 1.33. The zero-order valence-corrected chi connectivity index (χ0v) is 7.37. The first-order chi connectivity index (χ1) is 2.81. The summed E-state index contributed by atoms with van der Waals surface area (Å²) < 4.78 is 0. The van der Waals surface area contributed by atoms with Crippen LogP contribution in [0.15, 0.2) is 25.3 Å². The van der Waals surface area contributed by atoms with Gasteiger partial charge in [-0.25, -0.2) is 0 Å². The minimum Gasteiger partial charge on any atom is -0.269 e. The summed E-state index contributed by atoms with van der Waals surface area (Å²) in [5.74, 6) is 0. The van der Waals surface area contributed by atoms with Gasteiger partial charge in [-0.1, -0.05) is 12.2 Å². The lowest BCUT2D eigenvalue weighted by atomic mass is 10.4. The van der Waals surface area contributed by atoms with Crippen molar-refractivity contribution in [3.05, 3.63) is 25.3 Å². The molecule has 0 rings (SSSR count). The van der Waals surface area contributed by atoms with Crippen LogP contribution in [0.1, 0.15) is 0 Å². The predicted molar refractivity (Wildman–Crippen MR) is 41.6 cm³/mol. The Labute approximate surface area is 56.2 Å².